The van der Waals surface area contributed by atoms with E-state index in [1.54, 1.807) is 23.9 Å². The molecule has 21 heavy (non-hydrogen) atoms. The molecule has 1 fully saturated rings. The number of amides is 2. The van der Waals surface area contributed by atoms with Crippen LogP contribution in [-0.4, -0.2) is 49.4 Å². The van der Waals surface area contributed by atoms with E-state index in [0.29, 0.717) is 6.04 Å². The molecule has 5 nitrogen and oxygen atoms in total. The molecule has 0 aliphatic heterocycles. The summed E-state index contributed by atoms with van der Waals surface area (Å²) < 4.78 is 0. The van der Waals surface area contributed by atoms with Crippen molar-refractivity contribution in [3.8, 4) is 0 Å². The molecule has 0 aromatic heterocycles. The molecule has 2 amide bonds. The van der Waals surface area contributed by atoms with Crippen molar-refractivity contribution in [2.75, 3.05) is 25.5 Å². The van der Waals surface area contributed by atoms with Gasteiger partial charge in [-0.05, 0) is 38.9 Å². The van der Waals surface area contributed by atoms with Crippen LogP contribution in [0.4, 0.5) is 5.69 Å². The Labute approximate surface area is 125 Å². The number of para-hydroxylation sites is 1. The zero-order valence-electron chi connectivity index (χ0n) is 12.9. The summed E-state index contributed by atoms with van der Waals surface area (Å²) in [6, 6.07) is 9.51. The lowest BCUT2D eigenvalue weighted by Gasteiger charge is -2.27. The Bertz CT molecular complexity index is 500. The van der Waals surface area contributed by atoms with Crippen LogP contribution in [0.3, 0.4) is 0 Å². The molecule has 0 saturated heterocycles. The number of rotatable bonds is 6. The minimum absolute atomic E-state index is 0.0120. The highest BCUT2D eigenvalue weighted by molar-refractivity contribution is 5.96. The molecular formula is C16H23N3O2. The number of nitrogens with zero attached hydrogens (tertiary/aromatic N) is 2. The van der Waals surface area contributed by atoms with Crippen molar-refractivity contribution < 1.29 is 9.59 Å². The topological polar surface area (TPSA) is 52.7 Å². The summed E-state index contributed by atoms with van der Waals surface area (Å²) in [6.45, 7) is 2.07. The van der Waals surface area contributed by atoms with E-state index in [0.717, 1.165) is 18.5 Å². The van der Waals surface area contributed by atoms with Crippen LogP contribution >= 0.6 is 0 Å². The maximum atomic E-state index is 12.5. The maximum Gasteiger partial charge on any atom is 0.243 e. The van der Waals surface area contributed by atoms with Gasteiger partial charge in [-0.25, -0.2) is 0 Å². The molecule has 1 aromatic rings. The zero-order valence-corrected chi connectivity index (χ0v) is 12.9. The molecule has 1 saturated carbocycles. The maximum absolute atomic E-state index is 12.5. The average Bonchev–Trinajstić information content (AvgIpc) is 3.29. The van der Waals surface area contributed by atoms with Crippen LogP contribution in [0.25, 0.3) is 0 Å². The number of benzene rings is 1. The van der Waals surface area contributed by atoms with Gasteiger partial charge in [-0.3, -0.25) is 14.5 Å². The number of likely N-dealkylation sites (N-methyl/N-ethyl adjacent to an activating group) is 2. The van der Waals surface area contributed by atoms with Gasteiger partial charge in [-0.15, -0.1) is 0 Å². The molecule has 1 atom stereocenters. The summed E-state index contributed by atoms with van der Waals surface area (Å²) in [5.41, 5.74) is 0.852. The lowest BCUT2D eigenvalue weighted by atomic mass is 10.2. The van der Waals surface area contributed by atoms with Gasteiger partial charge in [0.15, 0.2) is 0 Å². The Morgan fingerprint density at radius 2 is 1.86 bits per heavy atom. The molecule has 1 aliphatic rings. The largest absolute Gasteiger partial charge is 0.352 e. The summed E-state index contributed by atoms with van der Waals surface area (Å²) in [6.07, 6.45) is 2.14. The molecule has 0 heterocycles. The van der Waals surface area contributed by atoms with E-state index in [1.165, 1.54) is 0 Å². The molecule has 1 aromatic carbocycles. The lowest BCUT2D eigenvalue weighted by molar-refractivity contribution is -0.125. The summed E-state index contributed by atoms with van der Waals surface area (Å²) in [7, 11) is 3.56. The molecule has 0 bridgehead atoms. The van der Waals surface area contributed by atoms with Crippen LogP contribution in [0.2, 0.25) is 0 Å². The van der Waals surface area contributed by atoms with Crippen molar-refractivity contribution in [1.29, 1.82) is 0 Å². The number of carbonyl (C=O) groups is 2. The first-order valence-electron chi connectivity index (χ1n) is 7.31. The standard InChI is InChI=1S/C16H23N3O2/c1-12(18(2)11-15(20)17-13-9-10-13)16(21)19(3)14-7-5-4-6-8-14/h4-8,12-13H,9-11H2,1-3H3,(H,17,20)/t12-/m0/s1. The van der Waals surface area contributed by atoms with Crippen molar-refractivity contribution in [2.45, 2.75) is 31.8 Å². The Hall–Kier alpha value is -1.88. The second-order valence-electron chi connectivity index (χ2n) is 5.67. The highest BCUT2D eigenvalue weighted by Crippen LogP contribution is 2.18. The van der Waals surface area contributed by atoms with Crippen molar-refractivity contribution in [3.63, 3.8) is 0 Å². The number of nitrogens with one attached hydrogen (secondary N) is 1. The van der Waals surface area contributed by atoms with Gasteiger partial charge in [0.1, 0.15) is 0 Å². The van der Waals surface area contributed by atoms with Gasteiger partial charge in [-0.1, -0.05) is 18.2 Å². The van der Waals surface area contributed by atoms with Crippen molar-refractivity contribution in [3.05, 3.63) is 30.3 Å². The lowest BCUT2D eigenvalue weighted by Crippen LogP contribution is -2.47. The molecule has 1 aliphatic carbocycles. The van der Waals surface area contributed by atoms with E-state index < -0.39 is 0 Å². The highest BCUT2D eigenvalue weighted by Gasteiger charge is 2.27. The molecule has 1 N–H and O–H groups in total. The third-order valence-electron chi connectivity index (χ3n) is 3.83. The fourth-order valence-corrected chi connectivity index (χ4v) is 2.11. The second-order valence-corrected chi connectivity index (χ2v) is 5.67. The normalized spacial score (nSPS) is 15.6. The Morgan fingerprint density at radius 1 is 1.24 bits per heavy atom. The number of carbonyl (C=O) groups excluding carboxylic acids is 2. The molecule has 0 spiro atoms. The van der Waals surface area contributed by atoms with Crippen LogP contribution in [0.1, 0.15) is 19.8 Å². The molecule has 0 radical (unpaired) electrons. The fourth-order valence-electron chi connectivity index (χ4n) is 2.11. The predicted octanol–water partition coefficient (Wildman–Crippen LogP) is 1.25. The van der Waals surface area contributed by atoms with Crippen LogP contribution in [0.15, 0.2) is 30.3 Å². The van der Waals surface area contributed by atoms with Gasteiger partial charge in [-0.2, -0.15) is 0 Å². The van der Waals surface area contributed by atoms with E-state index in [9.17, 15) is 9.59 Å². The van der Waals surface area contributed by atoms with Gasteiger partial charge in [0.25, 0.3) is 0 Å². The van der Waals surface area contributed by atoms with Crippen molar-refractivity contribution >= 4 is 17.5 Å². The number of anilines is 1. The van der Waals surface area contributed by atoms with Crippen molar-refractivity contribution in [2.24, 2.45) is 0 Å². The fraction of sp³-hybridized carbons (Fsp3) is 0.500. The van der Waals surface area contributed by atoms with Gasteiger partial charge < -0.3 is 10.2 Å². The van der Waals surface area contributed by atoms with Crippen LogP contribution in [0, 0.1) is 0 Å². The third kappa shape index (κ3) is 4.29. The number of hydrogen-bond acceptors (Lipinski definition) is 3. The van der Waals surface area contributed by atoms with Crippen LogP contribution in [0.5, 0.6) is 0 Å². The minimum Gasteiger partial charge on any atom is -0.352 e. The van der Waals surface area contributed by atoms with E-state index in [2.05, 4.69) is 5.32 Å². The first-order valence-corrected chi connectivity index (χ1v) is 7.31. The molecule has 5 heteroatoms. The minimum atomic E-state index is -0.347. The molecule has 114 valence electrons. The summed E-state index contributed by atoms with van der Waals surface area (Å²) in [5.74, 6) is -0.0371. The van der Waals surface area contributed by atoms with Gasteiger partial charge in [0.05, 0.1) is 12.6 Å². The summed E-state index contributed by atoms with van der Waals surface area (Å²) in [5, 5.41) is 2.93. The van der Waals surface area contributed by atoms with Crippen LogP contribution in [-0.2, 0) is 9.59 Å². The Morgan fingerprint density at radius 3 is 2.43 bits per heavy atom. The summed E-state index contributed by atoms with van der Waals surface area (Å²) in [4.78, 5) is 27.6. The second kappa shape index (κ2) is 6.72. The first kappa shape index (κ1) is 15.5. The molecule has 0 unspecified atom stereocenters. The first-order chi connectivity index (χ1) is 9.99. The average molecular weight is 289 g/mol. The quantitative estimate of drug-likeness (QED) is 0.857. The van der Waals surface area contributed by atoms with Gasteiger partial charge >= 0.3 is 0 Å². The van der Waals surface area contributed by atoms with E-state index >= 15 is 0 Å². The van der Waals surface area contributed by atoms with E-state index in [1.807, 2.05) is 37.3 Å². The molecular weight excluding hydrogens is 266 g/mol. The molecule has 2 rings (SSSR count). The smallest absolute Gasteiger partial charge is 0.243 e. The highest BCUT2D eigenvalue weighted by atomic mass is 16.2. The Kier molecular flexibility index (Phi) is 4.96. The van der Waals surface area contributed by atoms with E-state index in [4.69, 9.17) is 0 Å². The monoisotopic (exact) mass is 289 g/mol. The van der Waals surface area contributed by atoms with Gasteiger partial charge in [0.2, 0.25) is 11.8 Å². The SMILES string of the molecule is C[C@@H](C(=O)N(C)c1ccccc1)N(C)CC(=O)NC1CC1. The Balaban J connectivity index is 1.89. The van der Waals surface area contributed by atoms with Gasteiger partial charge in [0, 0.05) is 18.8 Å². The van der Waals surface area contributed by atoms with Crippen molar-refractivity contribution in [1.82, 2.24) is 10.2 Å². The van der Waals surface area contributed by atoms with Crippen LogP contribution < -0.4 is 10.2 Å². The summed E-state index contributed by atoms with van der Waals surface area (Å²) >= 11 is 0. The third-order valence-corrected chi connectivity index (χ3v) is 3.83. The predicted molar refractivity (Wildman–Crippen MR) is 83.1 cm³/mol. The number of hydrogen-bond donors (Lipinski definition) is 1. The zero-order chi connectivity index (χ0) is 15.4. The van der Waals surface area contributed by atoms with E-state index in [-0.39, 0.29) is 24.4 Å².